The molecule has 19 heavy (non-hydrogen) atoms. The van der Waals surface area contributed by atoms with Crippen LogP contribution in [0.25, 0.3) is 11.4 Å². The van der Waals surface area contributed by atoms with Gasteiger partial charge in [0.2, 0.25) is 0 Å². The maximum absolute atomic E-state index is 9.07. The van der Waals surface area contributed by atoms with Crippen LogP contribution in [0.4, 0.5) is 5.82 Å². The third kappa shape index (κ3) is 2.91. The summed E-state index contributed by atoms with van der Waals surface area (Å²) in [4.78, 5) is 10.6. The highest BCUT2D eigenvalue weighted by Gasteiger charge is 2.10. The first-order chi connectivity index (χ1) is 9.01. The monoisotopic (exact) mass is 316 g/mol. The zero-order valence-electron chi connectivity index (χ0n) is 11.0. The molecule has 1 aromatic heterocycles. The van der Waals surface area contributed by atoms with Gasteiger partial charge in [0.25, 0.3) is 0 Å². The minimum Gasteiger partial charge on any atom is -0.363 e. The van der Waals surface area contributed by atoms with Crippen molar-refractivity contribution < 1.29 is 0 Å². The van der Waals surface area contributed by atoms with Crippen LogP contribution in [-0.4, -0.2) is 24.1 Å². The molecule has 0 saturated heterocycles. The van der Waals surface area contributed by atoms with E-state index in [4.69, 9.17) is 5.26 Å². The first-order valence-electron chi connectivity index (χ1n) is 5.74. The van der Waals surface area contributed by atoms with Crippen molar-refractivity contribution in [3.8, 4) is 17.5 Å². The Kier molecular flexibility index (Phi) is 3.82. The van der Waals surface area contributed by atoms with Crippen molar-refractivity contribution in [2.75, 3.05) is 19.0 Å². The fourth-order valence-corrected chi connectivity index (χ4v) is 2.04. The van der Waals surface area contributed by atoms with Crippen LogP contribution in [0.3, 0.4) is 0 Å². The third-order valence-electron chi connectivity index (χ3n) is 2.73. The molecule has 0 amide bonds. The molecule has 0 N–H and O–H groups in total. The number of hydrogen-bond donors (Lipinski definition) is 0. The van der Waals surface area contributed by atoms with Crippen LogP contribution >= 0.6 is 15.9 Å². The van der Waals surface area contributed by atoms with Crippen molar-refractivity contribution in [3.63, 3.8) is 0 Å². The number of nitriles is 1. The van der Waals surface area contributed by atoms with Gasteiger partial charge in [-0.3, -0.25) is 0 Å². The van der Waals surface area contributed by atoms with Gasteiger partial charge < -0.3 is 4.90 Å². The second kappa shape index (κ2) is 5.37. The SMILES string of the molecule is Cc1ccc(Br)cc1-c1nc(C#N)cc(N(C)C)n1. The van der Waals surface area contributed by atoms with E-state index in [0.29, 0.717) is 11.5 Å². The van der Waals surface area contributed by atoms with Crippen molar-refractivity contribution in [1.82, 2.24) is 9.97 Å². The van der Waals surface area contributed by atoms with Gasteiger partial charge in [0.15, 0.2) is 5.82 Å². The van der Waals surface area contributed by atoms with Crippen LogP contribution in [0, 0.1) is 18.3 Å². The Balaban J connectivity index is 2.65. The van der Waals surface area contributed by atoms with Crippen LogP contribution in [0.2, 0.25) is 0 Å². The molecule has 0 aliphatic carbocycles. The van der Waals surface area contributed by atoms with Crippen molar-refractivity contribution in [2.45, 2.75) is 6.92 Å². The Morgan fingerprint density at radius 2 is 1.95 bits per heavy atom. The van der Waals surface area contributed by atoms with Gasteiger partial charge in [0.05, 0.1) is 0 Å². The van der Waals surface area contributed by atoms with E-state index in [1.807, 2.05) is 44.1 Å². The summed E-state index contributed by atoms with van der Waals surface area (Å²) in [7, 11) is 3.78. The summed E-state index contributed by atoms with van der Waals surface area (Å²) in [5, 5.41) is 9.07. The lowest BCUT2D eigenvalue weighted by molar-refractivity contribution is 1.03. The maximum Gasteiger partial charge on any atom is 0.163 e. The van der Waals surface area contributed by atoms with Crippen molar-refractivity contribution in [2.24, 2.45) is 0 Å². The van der Waals surface area contributed by atoms with E-state index >= 15 is 0 Å². The molecule has 5 heteroatoms. The van der Waals surface area contributed by atoms with E-state index in [2.05, 4.69) is 32.0 Å². The van der Waals surface area contributed by atoms with Crippen LogP contribution in [-0.2, 0) is 0 Å². The van der Waals surface area contributed by atoms with Crippen molar-refractivity contribution in [1.29, 1.82) is 5.26 Å². The zero-order valence-corrected chi connectivity index (χ0v) is 12.6. The van der Waals surface area contributed by atoms with Gasteiger partial charge >= 0.3 is 0 Å². The van der Waals surface area contributed by atoms with Gasteiger partial charge in [-0.05, 0) is 24.6 Å². The molecule has 0 bridgehead atoms. The predicted octanol–water partition coefficient (Wildman–Crippen LogP) is 3.15. The fraction of sp³-hybridized carbons (Fsp3) is 0.214. The third-order valence-corrected chi connectivity index (χ3v) is 3.22. The average Bonchev–Trinajstić information content (AvgIpc) is 2.40. The van der Waals surface area contributed by atoms with Crippen LogP contribution < -0.4 is 4.90 Å². The molecule has 0 fully saturated rings. The lowest BCUT2D eigenvalue weighted by atomic mass is 10.1. The molecule has 0 aliphatic heterocycles. The van der Waals surface area contributed by atoms with E-state index in [9.17, 15) is 0 Å². The minimum atomic E-state index is 0.369. The topological polar surface area (TPSA) is 52.8 Å². The number of benzene rings is 1. The van der Waals surface area contributed by atoms with Crippen LogP contribution in [0.5, 0.6) is 0 Å². The summed E-state index contributed by atoms with van der Waals surface area (Å²) in [5.74, 6) is 1.29. The van der Waals surface area contributed by atoms with Gasteiger partial charge in [0, 0.05) is 30.2 Å². The summed E-state index contributed by atoms with van der Waals surface area (Å²) in [6.45, 7) is 2.00. The molecule has 96 valence electrons. The molecule has 0 unspecified atom stereocenters. The Bertz CT molecular complexity index is 659. The lowest BCUT2D eigenvalue weighted by Gasteiger charge is -2.13. The highest BCUT2D eigenvalue weighted by molar-refractivity contribution is 9.10. The largest absolute Gasteiger partial charge is 0.363 e. The molecular weight excluding hydrogens is 304 g/mol. The molecule has 0 radical (unpaired) electrons. The van der Waals surface area contributed by atoms with E-state index in [-0.39, 0.29) is 0 Å². The molecule has 2 aromatic rings. The van der Waals surface area contributed by atoms with Gasteiger partial charge in [-0.15, -0.1) is 0 Å². The highest BCUT2D eigenvalue weighted by atomic mass is 79.9. The smallest absolute Gasteiger partial charge is 0.163 e. The minimum absolute atomic E-state index is 0.369. The molecule has 1 heterocycles. The van der Waals surface area contributed by atoms with Gasteiger partial charge in [0.1, 0.15) is 17.6 Å². The first-order valence-corrected chi connectivity index (χ1v) is 6.53. The Hall–Kier alpha value is -1.93. The molecule has 1 aromatic carbocycles. The van der Waals surface area contributed by atoms with Crippen LogP contribution in [0.1, 0.15) is 11.3 Å². The van der Waals surface area contributed by atoms with Gasteiger partial charge in [-0.25, -0.2) is 9.97 Å². The van der Waals surface area contributed by atoms with Crippen molar-refractivity contribution in [3.05, 3.63) is 40.0 Å². The number of hydrogen-bond acceptors (Lipinski definition) is 4. The number of anilines is 1. The predicted molar refractivity (Wildman–Crippen MR) is 78.9 cm³/mol. The number of rotatable bonds is 2. The van der Waals surface area contributed by atoms with E-state index in [0.717, 1.165) is 21.4 Å². The number of aromatic nitrogens is 2. The van der Waals surface area contributed by atoms with Crippen molar-refractivity contribution >= 4 is 21.7 Å². The standard InChI is InChI=1S/C14H13BrN4/c1-9-4-5-10(15)6-12(9)14-17-11(8-16)7-13(18-14)19(2)3/h4-7H,1-3H3. The number of nitrogens with zero attached hydrogens (tertiary/aromatic N) is 4. The lowest BCUT2D eigenvalue weighted by Crippen LogP contribution is -2.12. The van der Waals surface area contributed by atoms with E-state index in [1.165, 1.54) is 0 Å². The summed E-state index contributed by atoms with van der Waals surface area (Å²) in [6.07, 6.45) is 0. The highest BCUT2D eigenvalue weighted by Crippen LogP contribution is 2.25. The summed E-state index contributed by atoms with van der Waals surface area (Å²) < 4.78 is 0.963. The molecular formula is C14H13BrN4. The molecule has 0 aliphatic rings. The summed E-state index contributed by atoms with van der Waals surface area (Å²) >= 11 is 3.45. The maximum atomic E-state index is 9.07. The summed E-state index contributed by atoms with van der Waals surface area (Å²) in [5.41, 5.74) is 2.37. The van der Waals surface area contributed by atoms with Gasteiger partial charge in [-0.1, -0.05) is 22.0 Å². The quantitative estimate of drug-likeness (QED) is 0.854. The van der Waals surface area contributed by atoms with E-state index < -0.39 is 0 Å². The Morgan fingerprint density at radius 3 is 2.58 bits per heavy atom. The normalized spacial score (nSPS) is 10.1. The second-order valence-corrected chi connectivity index (χ2v) is 5.32. The number of halogens is 1. The fourth-order valence-electron chi connectivity index (χ4n) is 1.68. The van der Waals surface area contributed by atoms with Crippen LogP contribution in [0.15, 0.2) is 28.7 Å². The first kappa shape index (κ1) is 13.5. The molecule has 0 spiro atoms. The number of aryl methyl sites for hydroxylation is 1. The average molecular weight is 317 g/mol. The molecule has 0 saturated carbocycles. The molecule has 0 atom stereocenters. The second-order valence-electron chi connectivity index (χ2n) is 4.40. The Labute approximate surface area is 120 Å². The van der Waals surface area contributed by atoms with Gasteiger partial charge in [-0.2, -0.15) is 5.26 Å². The zero-order chi connectivity index (χ0) is 14.0. The van der Waals surface area contributed by atoms with E-state index in [1.54, 1.807) is 6.07 Å². The summed E-state index contributed by atoms with van der Waals surface area (Å²) in [6, 6.07) is 9.69. The molecule has 2 rings (SSSR count). The molecule has 4 nitrogen and oxygen atoms in total. The Morgan fingerprint density at radius 1 is 1.21 bits per heavy atom.